The van der Waals surface area contributed by atoms with E-state index in [0.29, 0.717) is 0 Å². The molecule has 0 amide bonds. The first kappa shape index (κ1) is 26.9. The molecule has 4 rings (SSSR count). The van der Waals surface area contributed by atoms with Gasteiger partial charge >= 0.3 is 0 Å². The molecule has 0 unspecified atom stereocenters. The molecule has 0 N–H and O–H groups in total. The maximum atomic E-state index is 2.39. The Kier molecular flexibility index (Phi) is 9.04. The van der Waals surface area contributed by atoms with Crippen molar-refractivity contribution in [2.45, 2.75) is 86.5 Å². The Morgan fingerprint density at radius 1 is 0.378 bits per heavy atom. The fourth-order valence-corrected chi connectivity index (χ4v) is 6.01. The van der Waals surface area contributed by atoms with E-state index in [1.54, 1.807) is 11.1 Å². The molecule has 0 nitrogen and oxygen atoms in total. The van der Waals surface area contributed by atoms with Crippen molar-refractivity contribution in [3.63, 3.8) is 0 Å². The molecule has 0 atom stereocenters. The molecule has 0 radical (unpaired) electrons. The summed E-state index contributed by atoms with van der Waals surface area (Å²) in [6.45, 7) is 13.6. The number of benzene rings is 4. The Morgan fingerprint density at radius 2 is 0.703 bits per heavy atom. The molecule has 0 heterocycles. The number of hydrogen-bond acceptors (Lipinski definition) is 0. The molecule has 4 aromatic carbocycles. The monoisotopic (exact) mass is 488 g/mol. The molecular formula is C37H44. The third kappa shape index (κ3) is 6.61. The van der Waals surface area contributed by atoms with Crippen molar-refractivity contribution in [2.24, 2.45) is 0 Å². The Morgan fingerprint density at radius 3 is 1.05 bits per heavy atom. The average molecular weight is 489 g/mol. The van der Waals surface area contributed by atoms with Gasteiger partial charge in [0.1, 0.15) is 0 Å². The first-order valence-electron chi connectivity index (χ1n) is 14.2. The third-order valence-corrected chi connectivity index (χ3v) is 8.16. The van der Waals surface area contributed by atoms with E-state index in [4.69, 9.17) is 0 Å². The van der Waals surface area contributed by atoms with Crippen LogP contribution in [0.25, 0.3) is 22.3 Å². The van der Waals surface area contributed by atoms with Crippen LogP contribution in [0.4, 0.5) is 0 Å². The summed E-state index contributed by atoms with van der Waals surface area (Å²) in [6.07, 6.45) is 8.95. The second kappa shape index (κ2) is 12.4. The SMILES string of the molecule is Cc1ccccc1-c1cc(C)c(CCCCCCCc2c(C)cc(-c3ccccc3C)cc2C)c(C)c1. The highest BCUT2D eigenvalue weighted by Gasteiger charge is 2.10. The van der Waals surface area contributed by atoms with Gasteiger partial charge in [-0.3, -0.25) is 0 Å². The summed E-state index contributed by atoms with van der Waals surface area (Å²) in [5, 5.41) is 0. The van der Waals surface area contributed by atoms with Crippen LogP contribution in [-0.4, -0.2) is 0 Å². The Balaban J connectivity index is 1.25. The summed E-state index contributed by atoms with van der Waals surface area (Å²) in [5.74, 6) is 0. The van der Waals surface area contributed by atoms with Crippen LogP contribution in [0, 0.1) is 41.5 Å². The van der Waals surface area contributed by atoms with Gasteiger partial charge in [-0.2, -0.15) is 0 Å². The summed E-state index contributed by atoms with van der Waals surface area (Å²) in [4.78, 5) is 0. The van der Waals surface area contributed by atoms with Crippen LogP contribution in [0.2, 0.25) is 0 Å². The molecule has 0 bridgehead atoms. The quantitative estimate of drug-likeness (QED) is 0.195. The molecule has 192 valence electrons. The van der Waals surface area contributed by atoms with E-state index >= 15 is 0 Å². The van der Waals surface area contributed by atoms with Crippen molar-refractivity contribution in [3.8, 4) is 22.3 Å². The molecule has 0 saturated heterocycles. The van der Waals surface area contributed by atoms with Crippen molar-refractivity contribution in [1.29, 1.82) is 0 Å². The Bertz CT molecular complexity index is 1200. The Hall–Kier alpha value is -3.12. The van der Waals surface area contributed by atoms with Gasteiger partial charge in [0, 0.05) is 0 Å². The van der Waals surface area contributed by atoms with Crippen LogP contribution in [0.1, 0.15) is 76.6 Å². The minimum atomic E-state index is 1.20. The number of hydrogen-bond donors (Lipinski definition) is 0. The maximum Gasteiger partial charge on any atom is -0.0155 e. The van der Waals surface area contributed by atoms with Gasteiger partial charge in [-0.25, -0.2) is 0 Å². The van der Waals surface area contributed by atoms with Crippen molar-refractivity contribution in [2.75, 3.05) is 0 Å². The highest BCUT2D eigenvalue weighted by molar-refractivity contribution is 5.70. The number of aryl methyl sites for hydroxylation is 6. The molecule has 0 saturated carbocycles. The minimum absolute atomic E-state index is 1.20. The van der Waals surface area contributed by atoms with Crippen LogP contribution in [0.3, 0.4) is 0 Å². The average Bonchev–Trinajstić information content (AvgIpc) is 2.86. The van der Waals surface area contributed by atoms with Crippen LogP contribution in [0.15, 0.2) is 72.8 Å². The van der Waals surface area contributed by atoms with Gasteiger partial charge in [-0.15, -0.1) is 0 Å². The van der Waals surface area contributed by atoms with E-state index in [9.17, 15) is 0 Å². The van der Waals surface area contributed by atoms with Crippen molar-refractivity contribution >= 4 is 0 Å². The molecule has 0 heteroatoms. The smallest absolute Gasteiger partial charge is 0.0155 e. The van der Waals surface area contributed by atoms with Crippen molar-refractivity contribution in [3.05, 3.63) is 117 Å². The highest BCUT2D eigenvalue weighted by Crippen LogP contribution is 2.30. The zero-order valence-electron chi connectivity index (χ0n) is 23.9. The van der Waals surface area contributed by atoms with E-state index < -0.39 is 0 Å². The lowest BCUT2D eigenvalue weighted by molar-refractivity contribution is 0.611. The van der Waals surface area contributed by atoms with Gasteiger partial charge in [0.25, 0.3) is 0 Å². The van der Waals surface area contributed by atoms with Gasteiger partial charge in [-0.1, -0.05) is 92.1 Å². The summed E-state index contributed by atoms with van der Waals surface area (Å²) in [6, 6.07) is 27.0. The van der Waals surface area contributed by atoms with Crippen molar-refractivity contribution in [1.82, 2.24) is 0 Å². The zero-order valence-corrected chi connectivity index (χ0v) is 23.9. The predicted molar refractivity (Wildman–Crippen MR) is 163 cm³/mol. The van der Waals surface area contributed by atoms with Gasteiger partial charge in [-0.05, 0) is 134 Å². The molecule has 0 aromatic heterocycles. The number of unbranched alkanes of at least 4 members (excludes halogenated alkanes) is 4. The van der Waals surface area contributed by atoms with Crippen LogP contribution >= 0.6 is 0 Å². The molecule has 0 aliphatic rings. The van der Waals surface area contributed by atoms with E-state index in [1.165, 1.54) is 101 Å². The Labute approximate surface area is 225 Å². The summed E-state index contributed by atoms with van der Waals surface area (Å²) in [7, 11) is 0. The third-order valence-electron chi connectivity index (χ3n) is 8.16. The second-order valence-corrected chi connectivity index (χ2v) is 11.1. The zero-order chi connectivity index (χ0) is 26.4. The lowest BCUT2D eigenvalue weighted by atomic mass is 9.90. The van der Waals surface area contributed by atoms with Gasteiger partial charge in [0.15, 0.2) is 0 Å². The second-order valence-electron chi connectivity index (χ2n) is 11.1. The van der Waals surface area contributed by atoms with Gasteiger partial charge in [0.2, 0.25) is 0 Å². The molecule has 0 aliphatic carbocycles. The van der Waals surface area contributed by atoms with E-state index in [1.807, 2.05) is 0 Å². The molecule has 0 spiro atoms. The van der Waals surface area contributed by atoms with E-state index in [0.717, 1.165) is 0 Å². The number of rotatable bonds is 10. The fraction of sp³-hybridized carbons (Fsp3) is 0.351. The summed E-state index contributed by atoms with van der Waals surface area (Å²) >= 11 is 0. The topological polar surface area (TPSA) is 0 Å². The normalized spacial score (nSPS) is 11.2. The summed E-state index contributed by atoms with van der Waals surface area (Å²) in [5.41, 5.74) is 17.0. The first-order valence-corrected chi connectivity index (χ1v) is 14.2. The van der Waals surface area contributed by atoms with Crippen LogP contribution in [0.5, 0.6) is 0 Å². The molecule has 0 aliphatic heterocycles. The van der Waals surface area contributed by atoms with Crippen LogP contribution in [-0.2, 0) is 12.8 Å². The first-order chi connectivity index (χ1) is 17.8. The highest BCUT2D eigenvalue weighted by atomic mass is 14.1. The fourth-order valence-electron chi connectivity index (χ4n) is 6.01. The van der Waals surface area contributed by atoms with Crippen molar-refractivity contribution < 1.29 is 0 Å². The standard InChI is InChI=1S/C37H44/c1-26-16-12-14-20-36(26)32-22-28(3)34(29(4)23-32)18-10-8-7-9-11-19-35-30(5)24-33(25-31(35)6)37-21-15-13-17-27(37)2/h12-17,20-25H,7-11,18-19H2,1-6H3. The molecular weight excluding hydrogens is 444 g/mol. The van der Waals surface area contributed by atoms with E-state index in [-0.39, 0.29) is 0 Å². The lowest BCUT2D eigenvalue weighted by Gasteiger charge is -2.15. The van der Waals surface area contributed by atoms with E-state index in [2.05, 4.69) is 114 Å². The minimum Gasteiger partial charge on any atom is -0.0620 e. The molecule has 37 heavy (non-hydrogen) atoms. The van der Waals surface area contributed by atoms with Gasteiger partial charge in [0.05, 0.1) is 0 Å². The maximum absolute atomic E-state index is 2.39. The lowest BCUT2D eigenvalue weighted by Crippen LogP contribution is -1.97. The predicted octanol–water partition coefficient (Wildman–Crippen LogP) is 10.6. The summed E-state index contributed by atoms with van der Waals surface area (Å²) < 4.78 is 0. The molecule has 0 fully saturated rings. The molecule has 4 aromatic rings. The largest absolute Gasteiger partial charge is 0.0620 e. The van der Waals surface area contributed by atoms with Crippen LogP contribution < -0.4 is 0 Å². The van der Waals surface area contributed by atoms with Gasteiger partial charge < -0.3 is 0 Å².